The lowest BCUT2D eigenvalue weighted by Gasteiger charge is -2.30. The molecule has 0 atom stereocenters. The molecule has 0 bridgehead atoms. The predicted molar refractivity (Wildman–Crippen MR) is 77.3 cm³/mol. The van der Waals surface area contributed by atoms with Gasteiger partial charge in [0, 0.05) is 0 Å². The number of carbonyl (C=O) groups is 1. The average molecular weight is 318 g/mol. The van der Waals surface area contributed by atoms with Crippen molar-refractivity contribution in [1.29, 1.82) is 0 Å². The summed E-state index contributed by atoms with van der Waals surface area (Å²) in [5.41, 5.74) is 1.91. The molecule has 0 fully saturated rings. The summed E-state index contributed by atoms with van der Waals surface area (Å²) in [5.74, 6) is 0.715. The maximum Gasteiger partial charge on any atom is 0.265 e. The zero-order chi connectivity index (χ0) is 13.2. The lowest BCUT2D eigenvalue weighted by atomic mass is 10.1. The highest BCUT2D eigenvalue weighted by Crippen LogP contribution is 2.38. The van der Waals surface area contributed by atoms with E-state index in [9.17, 15) is 4.79 Å². The number of fused-ring (bicyclic) bond motifs is 1. The summed E-state index contributed by atoms with van der Waals surface area (Å²) >= 11 is 3.45. The van der Waals surface area contributed by atoms with Gasteiger partial charge >= 0.3 is 0 Å². The Morgan fingerprint density at radius 2 is 1.89 bits per heavy atom. The predicted octanol–water partition coefficient (Wildman–Crippen LogP) is 3.37. The molecule has 1 aliphatic rings. The van der Waals surface area contributed by atoms with E-state index in [4.69, 9.17) is 4.74 Å². The lowest BCUT2D eigenvalue weighted by Crippen LogP contribution is -2.38. The van der Waals surface area contributed by atoms with E-state index in [0.29, 0.717) is 6.54 Å². The third-order valence-corrected chi connectivity index (χ3v) is 3.69. The van der Waals surface area contributed by atoms with E-state index in [2.05, 4.69) is 15.9 Å². The molecule has 0 spiro atoms. The summed E-state index contributed by atoms with van der Waals surface area (Å²) in [6.45, 7) is 0.648. The number of benzene rings is 2. The molecule has 19 heavy (non-hydrogen) atoms. The molecule has 2 aromatic carbocycles. The molecule has 1 heterocycles. The lowest BCUT2D eigenvalue weighted by molar-refractivity contribution is -0.121. The van der Waals surface area contributed by atoms with Crippen LogP contribution in [0.2, 0.25) is 0 Å². The van der Waals surface area contributed by atoms with Gasteiger partial charge in [-0.15, -0.1) is 0 Å². The van der Waals surface area contributed by atoms with Crippen molar-refractivity contribution < 1.29 is 9.53 Å². The van der Waals surface area contributed by atoms with Crippen molar-refractivity contribution >= 4 is 27.5 Å². The second-order valence-electron chi connectivity index (χ2n) is 4.34. The van der Waals surface area contributed by atoms with Gasteiger partial charge in [0.05, 0.1) is 16.7 Å². The van der Waals surface area contributed by atoms with Crippen molar-refractivity contribution in [3.63, 3.8) is 0 Å². The van der Waals surface area contributed by atoms with Crippen LogP contribution in [0.5, 0.6) is 5.75 Å². The second-order valence-corrected chi connectivity index (χ2v) is 5.20. The largest absolute Gasteiger partial charge is 0.480 e. The molecule has 0 radical (unpaired) electrons. The number of amides is 1. The fourth-order valence-corrected chi connectivity index (χ4v) is 2.61. The smallest absolute Gasteiger partial charge is 0.265 e. The zero-order valence-electron chi connectivity index (χ0n) is 10.2. The Morgan fingerprint density at radius 3 is 2.68 bits per heavy atom. The van der Waals surface area contributed by atoms with Crippen molar-refractivity contribution in [3.8, 4) is 5.75 Å². The summed E-state index contributed by atoms with van der Waals surface area (Å²) < 4.78 is 6.37. The van der Waals surface area contributed by atoms with Crippen molar-refractivity contribution in [3.05, 3.63) is 58.6 Å². The van der Waals surface area contributed by atoms with Crippen molar-refractivity contribution in [2.24, 2.45) is 0 Å². The highest BCUT2D eigenvalue weighted by Gasteiger charge is 2.26. The Hall–Kier alpha value is -1.81. The molecule has 3 rings (SSSR count). The molecule has 1 amide bonds. The number of para-hydroxylation sites is 1. The third kappa shape index (κ3) is 2.36. The minimum Gasteiger partial charge on any atom is -0.480 e. The monoisotopic (exact) mass is 317 g/mol. The van der Waals surface area contributed by atoms with Crippen LogP contribution >= 0.6 is 15.9 Å². The van der Waals surface area contributed by atoms with Gasteiger partial charge in [0.1, 0.15) is 0 Å². The Bertz CT molecular complexity index is 613. The van der Waals surface area contributed by atoms with Crippen LogP contribution in [0, 0.1) is 0 Å². The first-order valence-electron chi connectivity index (χ1n) is 6.01. The zero-order valence-corrected chi connectivity index (χ0v) is 11.8. The molecule has 2 aromatic rings. The molecule has 1 aliphatic heterocycles. The number of hydrogen-bond acceptors (Lipinski definition) is 2. The van der Waals surface area contributed by atoms with E-state index in [1.165, 1.54) is 0 Å². The minimum absolute atomic E-state index is 0.0190. The van der Waals surface area contributed by atoms with Gasteiger partial charge in [-0.2, -0.15) is 0 Å². The fourth-order valence-electron chi connectivity index (χ4n) is 2.14. The molecule has 0 unspecified atom stereocenters. The molecular formula is C15H12BrNO2. The van der Waals surface area contributed by atoms with Gasteiger partial charge in [-0.05, 0) is 33.6 Å². The van der Waals surface area contributed by atoms with Crippen LogP contribution in [0.1, 0.15) is 5.56 Å². The first kappa shape index (κ1) is 12.2. The van der Waals surface area contributed by atoms with Gasteiger partial charge in [-0.25, -0.2) is 0 Å². The van der Waals surface area contributed by atoms with Crippen LogP contribution in [0.25, 0.3) is 0 Å². The molecule has 0 saturated heterocycles. The molecule has 0 aliphatic carbocycles. The minimum atomic E-state index is -0.0190. The number of carbonyl (C=O) groups excluding carboxylic acids is 1. The quantitative estimate of drug-likeness (QED) is 0.850. The summed E-state index contributed by atoms with van der Waals surface area (Å²) in [4.78, 5) is 13.8. The van der Waals surface area contributed by atoms with E-state index in [1.54, 1.807) is 4.90 Å². The van der Waals surface area contributed by atoms with E-state index in [0.717, 1.165) is 21.5 Å². The summed E-state index contributed by atoms with van der Waals surface area (Å²) in [5, 5.41) is 0. The number of rotatable bonds is 2. The third-order valence-electron chi connectivity index (χ3n) is 3.06. The van der Waals surface area contributed by atoms with Gasteiger partial charge in [-0.3, -0.25) is 4.79 Å². The van der Waals surface area contributed by atoms with E-state index >= 15 is 0 Å². The topological polar surface area (TPSA) is 29.5 Å². The van der Waals surface area contributed by atoms with Gasteiger partial charge in [0.2, 0.25) is 0 Å². The van der Waals surface area contributed by atoms with Gasteiger partial charge in [-0.1, -0.05) is 36.4 Å². The average Bonchev–Trinajstić information content (AvgIpc) is 2.43. The normalized spacial score (nSPS) is 13.9. The van der Waals surface area contributed by atoms with Gasteiger partial charge in [0.25, 0.3) is 5.91 Å². The number of anilines is 1. The van der Waals surface area contributed by atoms with Crippen molar-refractivity contribution in [2.75, 3.05) is 11.5 Å². The molecular weight excluding hydrogens is 306 g/mol. The van der Waals surface area contributed by atoms with E-state index in [1.807, 2.05) is 48.5 Å². The fraction of sp³-hybridized carbons (Fsp3) is 0.133. The number of ether oxygens (including phenoxy) is 1. The number of nitrogens with zero attached hydrogens (tertiary/aromatic N) is 1. The molecule has 96 valence electrons. The Labute approximate surface area is 119 Å². The maximum absolute atomic E-state index is 12.1. The number of halogens is 1. The summed E-state index contributed by atoms with van der Waals surface area (Å²) in [6.07, 6.45) is 0. The maximum atomic E-state index is 12.1. The first-order valence-corrected chi connectivity index (χ1v) is 6.80. The highest BCUT2D eigenvalue weighted by atomic mass is 79.9. The van der Waals surface area contributed by atoms with Crippen LogP contribution in [0.4, 0.5) is 5.69 Å². The summed E-state index contributed by atoms with van der Waals surface area (Å²) in [7, 11) is 0. The molecule has 0 N–H and O–H groups in total. The van der Waals surface area contributed by atoms with Crippen LogP contribution in [-0.4, -0.2) is 12.5 Å². The van der Waals surface area contributed by atoms with E-state index < -0.39 is 0 Å². The van der Waals surface area contributed by atoms with Gasteiger partial charge < -0.3 is 9.64 Å². The van der Waals surface area contributed by atoms with Crippen LogP contribution < -0.4 is 9.64 Å². The number of hydrogen-bond donors (Lipinski definition) is 0. The van der Waals surface area contributed by atoms with Crippen molar-refractivity contribution in [2.45, 2.75) is 6.54 Å². The van der Waals surface area contributed by atoms with Crippen LogP contribution in [0.3, 0.4) is 0 Å². The Kier molecular flexibility index (Phi) is 3.25. The molecule has 0 aromatic heterocycles. The van der Waals surface area contributed by atoms with E-state index in [-0.39, 0.29) is 12.5 Å². The SMILES string of the molecule is O=C1COc2c(Br)cccc2N1Cc1ccccc1. The molecule has 4 heteroatoms. The Morgan fingerprint density at radius 1 is 1.11 bits per heavy atom. The molecule has 3 nitrogen and oxygen atoms in total. The standard InChI is InChI=1S/C15H12BrNO2/c16-12-7-4-8-13-15(12)19-10-14(18)17(13)9-11-5-2-1-3-6-11/h1-8H,9-10H2. The van der Waals surface area contributed by atoms with Gasteiger partial charge in [0.15, 0.2) is 12.4 Å². The first-order chi connectivity index (χ1) is 9.25. The van der Waals surface area contributed by atoms with Crippen molar-refractivity contribution in [1.82, 2.24) is 0 Å². The summed E-state index contributed by atoms with van der Waals surface area (Å²) in [6, 6.07) is 15.7. The second kappa shape index (κ2) is 5.05. The van der Waals surface area contributed by atoms with Crippen LogP contribution in [-0.2, 0) is 11.3 Å². The Balaban J connectivity index is 1.98. The molecule has 0 saturated carbocycles. The van der Waals surface area contributed by atoms with Crippen LogP contribution in [0.15, 0.2) is 53.0 Å². The highest BCUT2D eigenvalue weighted by molar-refractivity contribution is 9.10.